The molecule has 2 aliphatic carbocycles. The molecule has 0 aromatic heterocycles. The van der Waals surface area contributed by atoms with Gasteiger partial charge in [0.2, 0.25) is 18.3 Å². The minimum Gasteiger partial charge on any atom is -0.504 e. The van der Waals surface area contributed by atoms with Gasteiger partial charge in [-0.2, -0.15) is 0 Å². The summed E-state index contributed by atoms with van der Waals surface area (Å²) < 4.78 is 26.5. The third-order valence-electron chi connectivity index (χ3n) is 8.79. The standard InChI is InChI=1S/C29H31NO15/c1-12(31)41-22(23(42-13(2)32)27(39)44-17(25(36)37)11-19(34)35)26(38)43-16-6-7-29(40)18-10-14-4-5-15(33)21-20(14)28(29,24(16)45-21)8-9-30(18)3/h4-6,17-18,22-24,33,40H,7-11H2,1-3H3,(H,34,35)(H,36,37)/t17-,18+,22-,23-,24-,28-,29+/m1/s1. The number of rotatable bonds is 10. The second kappa shape index (κ2) is 11.3. The number of benzene rings is 1. The van der Waals surface area contributed by atoms with E-state index in [-0.39, 0.29) is 29.7 Å². The molecule has 2 heterocycles. The highest BCUT2D eigenvalue weighted by Crippen LogP contribution is 2.65. The lowest BCUT2D eigenvalue weighted by atomic mass is 9.50. The second-order valence-electron chi connectivity index (χ2n) is 11.4. The minimum atomic E-state index is -2.39. The van der Waals surface area contributed by atoms with E-state index in [0.717, 1.165) is 19.4 Å². The fourth-order valence-corrected chi connectivity index (χ4v) is 6.98. The maximum Gasteiger partial charge on any atom is 0.357 e. The van der Waals surface area contributed by atoms with Gasteiger partial charge < -0.3 is 49.0 Å². The number of piperidine rings is 1. The average Bonchev–Trinajstić information content (AvgIpc) is 3.30. The van der Waals surface area contributed by atoms with Crippen molar-refractivity contribution in [1.82, 2.24) is 4.90 Å². The predicted octanol–water partition coefficient (Wildman–Crippen LogP) is -0.452. The van der Waals surface area contributed by atoms with Crippen LogP contribution < -0.4 is 4.74 Å². The number of likely N-dealkylation sites (N-methyl/N-ethyl adjacent to an activating group) is 1. The first kappa shape index (κ1) is 31.7. The topological polar surface area (TPSA) is 233 Å². The van der Waals surface area contributed by atoms with E-state index in [4.69, 9.17) is 28.8 Å². The first-order valence-electron chi connectivity index (χ1n) is 14.0. The number of carbonyl (C=O) groups is 6. The summed E-state index contributed by atoms with van der Waals surface area (Å²) >= 11 is 0. The number of likely N-dealkylation sites (tertiary alicyclic amines) is 1. The first-order valence-corrected chi connectivity index (χ1v) is 14.0. The van der Waals surface area contributed by atoms with Gasteiger partial charge in [0.25, 0.3) is 0 Å². The molecule has 1 fully saturated rings. The Morgan fingerprint density at radius 3 is 2.27 bits per heavy atom. The van der Waals surface area contributed by atoms with Gasteiger partial charge in [0.05, 0.1) is 17.4 Å². The van der Waals surface area contributed by atoms with Crippen LogP contribution in [-0.4, -0.2) is 111 Å². The van der Waals surface area contributed by atoms with Crippen molar-refractivity contribution in [2.24, 2.45) is 0 Å². The molecule has 1 aromatic rings. The molecule has 1 spiro atoms. The first-order chi connectivity index (χ1) is 21.1. The summed E-state index contributed by atoms with van der Waals surface area (Å²) in [6.45, 7) is 2.25. The molecule has 0 amide bonds. The fourth-order valence-electron chi connectivity index (χ4n) is 6.98. The Bertz CT molecular complexity index is 1520. The monoisotopic (exact) mass is 633 g/mol. The summed E-state index contributed by atoms with van der Waals surface area (Å²) in [5.74, 6) is -9.12. The van der Waals surface area contributed by atoms with Crippen molar-refractivity contribution in [1.29, 1.82) is 0 Å². The van der Waals surface area contributed by atoms with Crippen LogP contribution in [0.15, 0.2) is 24.0 Å². The number of phenols is 1. The summed E-state index contributed by atoms with van der Waals surface area (Å²) in [5.41, 5.74) is -1.13. The molecule has 16 heteroatoms. The molecule has 0 radical (unpaired) electrons. The number of hydrogen-bond acceptors (Lipinski definition) is 14. The molecule has 16 nitrogen and oxygen atoms in total. The summed E-state index contributed by atoms with van der Waals surface area (Å²) in [6, 6.07) is 2.87. The van der Waals surface area contributed by atoms with Crippen molar-refractivity contribution in [2.45, 2.75) is 81.0 Å². The molecule has 4 aliphatic rings. The Hall–Kier alpha value is -4.70. The number of aliphatic carboxylic acids is 2. The molecule has 0 unspecified atom stereocenters. The van der Waals surface area contributed by atoms with Crippen LogP contribution in [0, 0.1) is 0 Å². The Morgan fingerprint density at radius 2 is 1.67 bits per heavy atom. The molecular formula is C29H31NO15. The molecule has 45 heavy (non-hydrogen) atoms. The van der Waals surface area contributed by atoms with Crippen molar-refractivity contribution in [2.75, 3.05) is 13.6 Å². The van der Waals surface area contributed by atoms with Gasteiger partial charge in [-0.15, -0.1) is 0 Å². The molecule has 0 saturated carbocycles. The lowest BCUT2D eigenvalue weighted by Crippen LogP contribution is -2.74. The van der Waals surface area contributed by atoms with E-state index in [1.54, 1.807) is 6.07 Å². The van der Waals surface area contributed by atoms with E-state index in [2.05, 4.69) is 0 Å². The number of phenolic OH excluding ortho intramolecular Hbond substituents is 1. The number of ether oxygens (including phenoxy) is 5. The number of aromatic hydroxyl groups is 1. The van der Waals surface area contributed by atoms with Crippen LogP contribution in [0.25, 0.3) is 0 Å². The zero-order valence-corrected chi connectivity index (χ0v) is 24.4. The number of nitrogens with zero attached hydrogens (tertiary/aromatic N) is 1. The molecular weight excluding hydrogens is 602 g/mol. The maximum absolute atomic E-state index is 13.6. The van der Waals surface area contributed by atoms with E-state index in [1.807, 2.05) is 11.9 Å². The van der Waals surface area contributed by atoms with E-state index >= 15 is 0 Å². The highest BCUT2D eigenvalue weighted by molar-refractivity contribution is 5.91. The summed E-state index contributed by atoms with van der Waals surface area (Å²) in [6.07, 6.45) is -7.07. The summed E-state index contributed by atoms with van der Waals surface area (Å²) in [4.78, 5) is 75.1. The second-order valence-corrected chi connectivity index (χ2v) is 11.4. The van der Waals surface area contributed by atoms with Gasteiger partial charge in [-0.05, 0) is 44.1 Å². The van der Waals surface area contributed by atoms with Crippen LogP contribution in [0.2, 0.25) is 0 Å². The van der Waals surface area contributed by atoms with Crippen molar-refractivity contribution in [3.8, 4) is 11.5 Å². The van der Waals surface area contributed by atoms with Crippen LogP contribution >= 0.6 is 0 Å². The van der Waals surface area contributed by atoms with Crippen LogP contribution in [0.3, 0.4) is 0 Å². The van der Waals surface area contributed by atoms with E-state index < -0.39 is 77.7 Å². The van der Waals surface area contributed by atoms with Crippen LogP contribution in [0.4, 0.5) is 0 Å². The van der Waals surface area contributed by atoms with Crippen LogP contribution in [-0.2, 0) is 59.6 Å². The highest BCUT2D eigenvalue weighted by atomic mass is 16.6. The molecule has 242 valence electrons. The van der Waals surface area contributed by atoms with Gasteiger partial charge >= 0.3 is 35.8 Å². The van der Waals surface area contributed by atoms with E-state index in [0.29, 0.717) is 24.9 Å². The summed E-state index contributed by atoms with van der Waals surface area (Å²) in [7, 11) is 1.88. The number of carboxylic acids is 2. The number of aliphatic hydroxyl groups is 1. The van der Waals surface area contributed by atoms with Crippen molar-refractivity contribution < 1.29 is 72.9 Å². The van der Waals surface area contributed by atoms with Gasteiger partial charge in [-0.3, -0.25) is 14.4 Å². The molecule has 1 saturated heterocycles. The Morgan fingerprint density at radius 1 is 1.02 bits per heavy atom. The Balaban J connectivity index is 1.49. The van der Waals surface area contributed by atoms with Crippen molar-refractivity contribution in [3.05, 3.63) is 35.1 Å². The zero-order chi connectivity index (χ0) is 33.0. The fraction of sp³-hybridized carbons (Fsp3) is 0.517. The molecule has 7 atom stereocenters. The average molecular weight is 634 g/mol. The zero-order valence-electron chi connectivity index (χ0n) is 24.4. The lowest BCUT2D eigenvalue weighted by Gasteiger charge is -2.61. The number of carboxylic acid groups (broad SMARTS) is 2. The Kier molecular flexibility index (Phi) is 7.99. The lowest BCUT2D eigenvalue weighted by molar-refractivity contribution is -0.195. The number of hydrogen-bond donors (Lipinski definition) is 4. The largest absolute Gasteiger partial charge is 0.504 e. The summed E-state index contributed by atoms with van der Waals surface area (Å²) in [5, 5.41) is 41.2. The van der Waals surface area contributed by atoms with Gasteiger partial charge in [0.15, 0.2) is 17.6 Å². The molecule has 4 N–H and O–H groups in total. The predicted molar refractivity (Wildman–Crippen MR) is 144 cm³/mol. The van der Waals surface area contributed by atoms with Gasteiger partial charge in [0, 0.05) is 31.9 Å². The van der Waals surface area contributed by atoms with Gasteiger partial charge in [-0.25, -0.2) is 14.4 Å². The van der Waals surface area contributed by atoms with Crippen LogP contribution in [0.5, 0.6) is 11.5 Å². The van der Waals surface area contributed by atoms with Crippen LogP contribution in [0.1, 0.15) is 44.2 Å². The van der Waals surface area contributed by atoms with E-state index in [1.165, 1.54) is 12.1 Å². The number of carbonyl (C=O) groups excluding carboxylic acids is 4. The SMILES string of the molecule is CC(=O)O[C@@H](C(=O)OC1=CC[C@]2(O)[C@@H]3Cc4ccc(O)c5c4[C@]2(CCN3C)[C@@H]1O5)[C@@H](OC(C)=O)C(=O)O[C@H](CC(=O)O)C(=O)O. The maximum atomic E-state index is 13.6. The Labute approximate surface area is 255 Å². The van der Waals surface area contributed by atoms with E-state index in [9.17, 15) is 44.1 Å². The third-order valence-corrected chi connectivity index (χ3v) is 8.79. The highest BCUT2D eigenvalue weighted by Gasteiger charge is 2.72. The molecule has 1 aromatic carbocycles. The molecule has 2 bridgehead atoms. The molecule has 5 rings (SSSR count). The minimum absolute atomic E-state index is 0.0118. The quantitative estimate of drug-likeness (QED) is 0.189. The van der Waals surface area contributed by atoms with Crippen molar-refractivity contribution in [3.63, 3.8) is 0 Å². The molecule has 2 aliphatic heterocycles. The smallest absolute Gasteiger partial charge is 0.357 e. The van der Waals surface area contributed by atoms with Crippen molar-refractivity contribution >= 4 is 35.8 Å². The normalized spacial score (nSPS) is 27.8. The number of esters is 4. The van der Waals surface area contributed by atoms with Gasteiger partial charge in [0.1, 0.15) is 5.76 Å². The van der Waals surface area contributed by atoms with Gasteiger partial charge in [-0.1, -0.05) is 6.07 Å². The third kappa shape index (κ3) is 5.12.